The van der Waals surface area contributed by atoms with E-state index < -0.39 is 20.4 Å². The van der Waals surface area contributed by atoms with Crippen molar-refractivity contribution in [3.63, 3.8) is 0 Å². The predicted molar refractivity (Wildman–Crippen MR) is 250 cm³/mol. The van der Waals surface area contributed by atoms with Crippen molar-refractivity contribution in [1.29, 1.82) is 0 Å². The first-order chi connectivity index (χ1) is 30.8. The first-order valence-corrected chi connectivity index (χ1v) is 25.4. The van der Waals surface area contributed by atoms with Gasteiger partial charge in [0, 0.05) is 25.3 Å². The quantitative estimate of drug-likeness (QED) is 0.0342. The highest BCUT2D eigenvalue weighted by Gasteiger charge is 2.39. The lowest BCUT2D eigenvalue weighted by Gasteiger charge is -2.36. The van der Waals surface area contributed by atoms with E-state index in [1.54, 1.807) is 38.4 Å². The van der Waals surface area contributed by atoms with E-state index >= 15 is 0 Å². The second-order valence-corrected chi connectivity index (χ2v) is 22.5. The van der Waals surface area contributed by atoms with Crippen LogP contribution in [-0.2, 0) is 36.8 Å². The van der Waals surface area contributed by atoms with Gasteiger partial charge >= 0.3 is 5.97 Å². The Kier molecular flexibility index (Phi) is 17.2. The van der Waals surface area contributed by atoms with E-state index in [4.69, 9.17) is 42.6 Å². The summed E-state index contributed by atoms with van der Waals surface area (Å²) in [6.45, 7) is 15.5. The van der Waals surface area contributed by atoms with Gasteiger partial charge in [-0.1, -0.05) is 45.0 Å². The molecule has 0 N–H and O–H groups in total. The molecule has 0 fully saturated rings. The average molecular weight is 978 g/mol. The van der Waals surface area contributed by atoms with E-state index in [1.165, 1.54) is 29.8 Å². The normalized spacial score (nSPS) is 12.3. The molecule has 17 heteroatoms. The maximum Gasteiger partial charge on any atom is 0.347 e. The molecule has 6 rings (SSSR count). The van der Waals surface area contributed by atoms with Gasteiger partial charge in [0.05, 0.1) is 65.6 Å². The molecule has 3 aromatic carbocycles. The summed E-state index contributed by atoms with van der Waals surface area (Å²) in [6.07, 6.45) is 1.97. The molecule has 0 radical (unpaired) electrons. The van der Waals surface area contributed by atoms with Crippen molar-refractivity contribution in [3.8, 4) is 45.0 Å². The molecule has 0 unspecified atom stereocenters. The number of hydrogen-bond donors (Lipinski definition) is 0. The van der Waals surface area contributed by atoms with Crippen molar-refractivity contribution in [2.24, 2.45) is 0 Å². The van der Waals surface area contributed by atoms with Crippen LogP contribution in [0.15, 0.2) is 89.8 Å². The lowest BCUT2D eigenvalue weighted by molar-refractivity contribution is -0.151. The van der Waals surface area contributed by atoms with Gasteiger partial charge in [0.2, 0.25) is 20.3 Å². The number of benzene rings is 3. The van der Waals surface area contributed by atoms with Crippen LogP contribution in [0, 0.1) is 5.82 Å². The number of carbonyl (C=O) groups excluding carboxylic acids is 1. The van der Waals surface area contributed by atoms with Crippen molar-refractivity contribution in [3.05, 3.63) is 107 Å². The Bertz CT molecular complexity index is 2470. The van der Waals surface area contributed by atoms with Gasteiger partial charge in [-0.25, -0.2) is 29.1 Å². The number of hydrogen-bond acceptors (Lipinski definition) is 14. The van der Waals surface area contributed by atoms with E-state index in [2.05, 4.69) is 64.7 Å². The number of ether oxygens (including phenoxy) is 7. The largest absolute Gasteiger partial charge is 0.543 e. The van der Waals surface area contributed by atoms with Crippen LogP contribution in [0.25, 0.3) is 32.0 Å². The number of methoxy groups -OCH3 is 1. The highest BCUT2D eigenvalue weighted by molar-refractivity contribution is 9.10. The van der Waals surface area contributed by atoms with Gasteiger partial charge in [0.15, 0.2) is 5.82 Å². The van der Waals surface area contributed by atoms with Crippen molar-refractivity contribution in [2.75, 3.05) is 53.4 Å². The number of halogens is 2. The molecule has 64 heavy (non-hydrogen) atoms. The first kappa shape index (κ1) is 48.4. The zero-order chi connectivity index (χ0) is 45.7. The molecule has 340 valence electrons. The third-order valence-electron chi connectivity index (χ3n) is 10.4. The fourth-order valence-corrected chi connectivity index (χ4v) is 9.08. The molecule has 0 spiro atoms. The molecule has 0 saturated heterocycles. The molecule has 1 atom stereocenters. The summed E-state index contributed by atoms with van der Waals surface area (Å²) in [5.41, 5.74) is 2.77. The van der Waals surface area contributed by atoms with Crippen molar-refractivity contribution < 1.29 is 46.8 Å². The first-order valence-electron chi connectivity index (χ1n) is 20.9. The molecule has 3 aromatic heterocycles. The van der Waals surface area contributed by atoms with Gasteiger partial charge in [0.1, 0.15) is 47.4 Å². The van der Waals surface area contributed by atoms with Crippen LogP contribution in [0.4, 0.5) is 4.39 Å². The minimum absolute atomic E-state index is 0.0469. The van der Waals surface area contributed by atoms with Crippen LogP contribution in [0.1, 0.15) is 39.0 Å². The summed E-state index contributed by atoms with van der Waals surface area (Å²) < 4.78 is 61.9. The maximum absolute atomic E-state index is 13.8. The Morgan fingerprint density at radius 2 is 1.61 bits per heavy atom. The summed E-state index contributed by atoms with van der Waals surface area (Å²) in [5, 5.41) is 0.506. The standard InChI is InChI=1S/C47H54BrFN4O9SSi/c1-8-58-46(54)39(61-44-40-41(48)42(63-45(40)52-30-51-44)31-13-15-33(49)16-14-31)28-32-27-35(62-64(6,7)47(2,3)4)17-18-37(32)60-29-34-19-20-50-43(53-34)36-11-9-10-12-38(36)59-26-25-57-24-23-56-22-21-55-5/h9-20,27,30,39H,8,21-26,28-29H2,1-7H3/t39-/m1/s1. The molecule has 0 aliphatic carbocycles. The molecular formula is C47H54BrFN4O9SSi. The Labute approximate surface area is 386 Å². The number of para-hydroxylation sites is 1. The summed E-state index contributed by atoms with van der Waals surface area (Å²) in [5.74, 6) is 1.49. The fraction of sp³-hybridized carbons (Fsp3) is 0.383. The zero-order valence-corrected chi connectivity index (χ0v) is 40.6. The fourth-order valence-electron chi connectivity index (χ4n) is 6.07. The van der Waals surface area contributed by atoms with Crippen LogP contribution in [0.3, 0.4) is 0 Å². The zero-order valence-electron chi connectivity index (χ0n) is 37.2. The lowest BCUT2D eigenvalue weighted by atomic mass is 10.1. The topological polar surface area (TPSA) is 142 Å². The number of esters is 1. The number of rotatable bonds is 23. The summed E-state index contributed by atoms with van der Waals surface area (Å²) in [4.78, 5) is 33.6. The van der Waals surface area contributed by atoms with E-state index in [1.807, 2.05) is 42.5 Å². The van der Waals surface area contributed by atoms with Gasteiger partial charge in [-0.2, -0.15) is 0 Å². The molecule has 0 bridgehead atoms. The Hall–Kier alpha value is -5.04. The molecule has 0 saturated carbocycles. The number of thiophene rings is 1. The molecule has 3 heterocycles. The van der Waals surface area contributed by atoms with Gasteiger partial charge in [-0.05, 0) is 95.1 Å². The number of carbonyl (C=O) groups is 1. The lowest BCUT2D eigenvalue weighted by Crippen LogP contribution is -2.43. The second kappa shape index (κ2) is 22.7. The minimum Gasteiger partial charge on any atom is -0.543 e. The molecule has 0 aliphatic rings. The predicted octanol–water partition coefficient (Wildman–Crippen LogP) is 10.3. The van der Waals surface area contributed by atoms with Crippen LogP contribution < -0.4 is 18.6 Å². The highest BCUT2D eigenvalue weighted by atomic mass is 79.9. The number of aromatic nitrogens is 4. The van der Waals surface area contributed by atoms with Crippen LogP contribution >= 0.6 is 27.3 Å². The molecule has 0 aliphatic heterocycles. The Balaban J connectivity index is 1.25. The van der Waals surface area contributed by atoms with Crippen molar-refractivity contribution in [1.82, 2.24) is 19.9 Å². The van der Waals surface area contributed by atoms with E-state index in [-0.39, 0.29) is 36.4 Å². The van der Waals surface area contributed by atoms with Crippen molar-refractivity contribution in [2.45, 2.75) is 65.0 Å². The highest BCUT2D eigenvalue weighted by Crippen LogP contribution is 2.45. The van der Waals surface area contributed by atoms with Gasteiger partial charge < -0.3 is 37.6 Å². The Morgan fingerprint density at radius 3 is 2.34 bits per heavy atom. The van der Waals surface area contributed by atoms with Crippen LogP contribution in [0.2, 0.25) is 18.1 Å². The van der Waals surface area contributed by atoms with E-state index in [9.17, 15) is 9.18 Å². The SMILES string of the molecule is CCOC(=O)[C@@H](Cc1cc(O[Si](C)(C)C(C)(C)C)ccc1OCc1ccnc(-c2ccccc2OCCOCCOCCOC)n1)Oc1ncnc2sc(-c3ccc(F)cc3)c(Br)c12. The molecule has 0 amide bonds. The number of nitrogens with zero attached hydrogens (tertiary/aromatic N) is 4. The maximum atomic E-state index is 13.8. The minimum atomic E-state index is -2.27. The van der Waals surface area contributed by atoms with Crippen LogP contribution in [-0.4, -0.2) is 93.7 Å². The van der Waals surface area contributed by atoms with Crippen molar-refractivity contribution >= 4 is 51.8 Å². The Morgan fingerprint density at radius 1 is 0.875 bits per heavy atom. The molecular weight excluding hydrogens is 924 g/mol. The average Bonchev–Trinajstić information content (AvgIpc) is 3.61. The second-order valence-electron chi connectivity index (χ2n) is 16.0. The summed E-state index contributed by atoms with van der Waals surface area (Å²) in [7, 11) is -0.638. The van der Waals surface area contributed by atoms with Gasteiger partial charge in [-0.15, -0.1) is 11.3 Å². The van der Waals surface area contributed by atoms with Gasteiger partial charge in [-0.3, -0.25) is 0 Å². The third-order valence-corrected chi connectivity index (χ3v) is 17.0. The molecule has 6 aromatic rings. The summed E-state index contributed by atoms with van der Waals surface area (Å²) >= 11 is 5.11. The number of fused-ring (bicyclic) bond motifs is 1. The van der Waals surface area contributed by atoms with Crippen LogP contribution in [0.5, 0.6) is 23.1 Å². The smallest absolute Gasteiger partial charge is 0.347 e. The van der Waals surface area contributed by atoms with Gasteiger partial charge in [0.25, 0.3) is 0 Å². The third kappa shape index (κ3) is 12.8. The summed E-state index contributed by atoms with van der Waals surface area (Å²) in [6, 6.07) is 21.1. The van der Waals surface area contributed by atoms with E-state index in [0.717, 1.165) is 16.0 Å². The molecule has 13 nitrogen and oxygen atoms in total. The van der Waals surface area contributed by atoms with E-state index in [0.29, 0.717) is 88.7 Å². The monoisotopic (exact) mass is 976 g/mol.